The fraction of sp³-hybridized carbons (Fsp3) is 0.333. The molecule has 4 N–H and O–H groups in total. The number of hydrogen-bond acceptors (Lipinski definition) is 5. The maximum absolute atomic E-state index is 11.7. The molecule has 0 radical (unpaired) electrons. The molecule has 1 aliphatic rings. The van der Waals surface area contributed by atoms with Gasteiger partial charge in [-0.1, -0.05) is 0 Å². The Labute approximate surface area is 104 Å². The van der Waals surface area contributed by atoms with E-state index in [4.69, 9.17) is 5.11 Å². The SMILES string of the molecule is C/C(=N\NC(=O)c1cc(O)c(O)c(O)c1)C1CC1. The van der Waals surface area contributed by atoms with E-state index in [0.717, 1.165) is 30.7 Å². The Bertz CT molecular complexity index is 498. The van der Waals surface area contributed by atoms with Gasteiger partial charge in [-0.3, -0.25) is 4.79 Å². The maximum Gasteiger partial charge on any atom is 0.271 e. The van der Waals surface area contributed by atoms with Gasteiger partial charge in [0.25, 0.3) is 5.91 Å². The molecule has 18 heavy (non-hydrogen) atoms. The fourth-order valence-corrected chi connectivity index (χ4v) is 1.53. The third-order valence-corrected chi connectivity index (χ3v) is 2.83. The fourth-order valence-electron chi connectivity index (χ4n) is 1.53. The normalized spacial score (nSPS) is 15.5. The summed E-state index contributed by atoms with van der Waals surface area (Å²) in [6.07, 6.45) is 2.18. The number of benzene rings is 1. The van der Waals surface area contributed by atoms with Crippen LogP contribution in [-0.2, 0) is 0 Å². The smallest absolute Gasteiger partial charge is 0.271 e. The molecule has 0 unspecified atom stereocenters. The first-order valence-electron chi connectivity index (χ1n) is 5.58. The molecule has 0 saturated heterocycles. The van der Waals surface area contributed by atoms with E-state index >= 15 is 0 Å². The number of nitrogens with zero attached hydrogens (tertiary/aromatic N) is 1. The number of phenols is 3. The van der Waals surface area contributed by atoms with Crippen molar-refractivity contribution in [3.05, 3.63) is 17.7 Å². The zero-order valence-electron chi connectivity index (χ0n) is 9.84. The van der Waals surface area contributed by atoms with Gasteiger partial charge in [-0.05, 0) is 37.8 Å². The number of amides is 1. The number of phenolic OH excluding ortho intramolecular Hbond substituents is 3. The second-order valence-corrected chi connectivity index (χ2v) is 4.33. The molecule has 1 saturated carbocycles. The molecule has 0 heterocycles. The number of hydrogen-bond donors (Lipinski definition) is 4. The number of carbonyl (C=O) groups excluding carboxylic acids is 1. The molecule has 0 aliphatic heterocycles. The summed E-state index contributed by atoms with van der Waals surface area (Å²) in [6, 6.07) is 2.12. The van der Waals surface area contributed by atoms with Crippen molar-refractivity contribution in [1.29, 1.82) is 0 Å². The third kappa shape index (κ3) is 2.53. The van der Waals surface area contributed by atoms with Crippen LogP contribution in [0.1, 0.15) is 30.1 Å². The predicted octanol–water partition coefficient (Wildman–Crippen LogP) is 1.32. The van der Waals surface area contributed by atoms with Crippen molar-refractivity contribution in [2.45, 2.75) is 19.8 Å². The highest BCUT2D eigenvalue weighted by Gasteiger charge is 2.24. The van der Waals surface area contributed by atoms with Crippen molar-refractivity contribution in [2.75, 3.05) is 0 Å². The highest BCUT2D eigenvalue weighted by molar-refractivity contribution is 5.96. The van der Waals surface area contributed by atoms with E-state index in [2.05, 4.69) is 10.5 Å². The van der Waals surface area contributed by atoms with Crippen LogP contribution in [0.25, 0.3) is 0 Å². The zero-order valence-corrected chi connectivity index (χ0v) is 9.84. The molecule has 6 heteroatoms. The quantitative estimate of drug-likeness (QED) is 0.369. The van der Waals surface area contributed by atoms with E-state index in [9.17, 15) is 15.0 Å². The summed E-state index contributed by atoms with van der Waals surface area (Å²) < 4.78 is 0. The lowest BCUT2D eigenvalue weighted by atomic mass is 10.2. The highest BCUT2D eigenvalue weighted by atomic mass is 16.3. The van der Waals surface area contributed by atoms with Crippen molar-refractivity contribution in [2.24, 2.45) is 11.0 Å². The first-order chi connectivity index (χ1) is 8.49. The molecule has 1 aromatic carbocycles. The second kappa shape index (κ2) is 4.56. The molecule has 1 fully saturated rings. The largest absolute Gasteiger partial charge is 0.504 e. The van der Waals surface area contributed by atoms with Crippen LogP contribution in [0, 0.1) is 5.92 Å². The van der Waals surface area contributed by atoms with E-state index in [0.29, 0.717) is 5.92 Å². The van der Waals surface area contributed by atoms with E-state index in [1.54, 1.807) is 0 Å². The standard InChI is InChI=1S/C12H14N2O4/c1-6(7-2-3-7)13-14-12(18)8-4-9(15)11(17)10(16)5-8/h4-5,7,15-17H,2-3H2,1H3,(H,14,18)/b13-6+. The van der Waals surface area contributed by atoms with Gasteiger partial charge in [-0.25, -0.2) is 5.43 Å². The summed E-state index contributed by atoms with van der Waals surface area (Å²) in [5, 5.41) is 31.6. The molecule has 1 amide bonds. The van der Waals surface area contributed by atoms with E-state index in [1.165, 1.54) is 0 Å². The number of rotatable bonds is 3. The first-order valence-corrected chi connectivity index (χ1v) is 5.58. The van der Waals surface area contributed by atoms with E-state index in [1.807, 2.05) is 6.92 Å². The lowest BCUT2D eigenvalue weighted by molar-refractivity contribution is 0.0954. The van der Waals surface area contributed by atoms with Crippen molar-refractivity contribution < 1.29 is 20.1 Å². The molecule has 96 valence electrons. The van der Waals surface area contributed by atoms with Crippen LogP contribution in [0.4, 0.5) is 0 Å². The van der Waals surface area contributed by atoms with Crippen LogP contribution < -0.4 is 5.43 Å². The van der Waals surface area contributed by atoms with Gasteiger partial charge in [0.1, 0.15) is 0 Å². The molecule has 6 nitrogen and oxygen atoms in total. The molecule has 0 bridgehead atoms. The summed E-state index contributed by atoms with van der Waals surface area (Å²) in [5.74, 6) is -1.86. The number of nitrogens with one attached hydrogen (secondary N) is 1. The Morgan fingerprint density at radius 3 is 2.33 bits per heavy atom. The van der Waals surface area contributed by atoms with Gasteiger partial charge in [0.05, 0.1) is 0 Å². The second-order valence-electron chi connectivity index (χ2n) is 4.33. The van der Waals surface area contributed by atoms with Gasteiger partial charge < -0.3 is 15.3 Å². The Morgan fingerprint density at radius 1 is 1.28 bits per heavy atom. The Morgan fingerprint density at radius 2 is 1.83 bits per heavy atom. The lowest BCUT2D eigenvalue weighted by Crippen LogP contribution is -2.19. The van der Waals surface area contributed by atoms with Crippen LogP contribution in [0.2, 0.25) is 0 Å². The van der Waals surface area contributed by atoms with Crippen molar-refractivity contribution in [1.82, 2.24) is 5.43 Å². The molecule has 2 rings (SSSR count). The van der Waals surface area contributed by atoms with Gasteiger partial charge in [0.15, 0.2) is 17.2 Å². The average molecular weight is 250 g/mol. The zero-order chi connectivity index (χ0) is 13.3. The predicted molar refractivity (Wildman–Crippen MR) is 64.7 cm³/mol. The van der Waals surface area contributed by atoms with E-state index in [-0.39, 0.29) is 5.56 Å². The summed E-state index contributed by atoms with van der Waals surface area (Å²) in [7, 11) is 0. The minimum Gasteiger partial charge on any atom is -0.504 e. The molecule has 0 atom stereocenters. The summed E-state index contributed by atoms with van der Waals surface area (Å²) in [6.45, 7) is 1.84. The van der Waals surface area contributed by atoms with Crippen molar-refractivity contribution >= 4 is 11.6 Å². The Hall–Kier alpha value is -2.24. The number of carbonyl (C=O) groups is 1. The van der Waals surface area contributed by atoms with Gasteiger partial charge >= 0.3 is 0 Å². The van der Waals surface area contributed by atoms with Crippen LogP contribution in [-0.4, -0.2) is 26.9 Å². The lowest BCUT2D eigenvalue weighted by Gasteiger charge is -2.05. The minimum atomic E-state index is -0.649. The topological polar surface area (TPSA) is 102 Å². The molecular weight excluding hydrogens is 236 g/mol. The van der Waals surface area contributed by atoms with Crippen LogP contribution >= 0.6 is 0 Å². The van der Waals surface area contributed by atoms with Crippen LogP contribution in [0.3, 0.4) is 0 Å². The van der Waals surface area contributed by atoms with Crippen molar-refractivity contribution in [3.8, 4) is 17.2 Å². The summed E-state index contributed by atoms with van der Waals surface area (Å²) >= 11 is 0. The molecule has 1 aliphatic carbocycles. The first kappa shape index (κ1) is 12.2. The minimum absolute atomic E-state index is 0.0233. The summed E-state index contributed by atoms with van der Waals surface area (Å²) in [4.78, 5) is 11.7. The van der Waals surface area contributed by atoms with Crippen LogP contribution in [0.5, 0.6) is 17.2 Å². The number of aromatic hydroxyl groups is 3. The summed E-state index contributed by atoms with van der Waals surface area (Å²) in [5.41, 5.74) is 3.22. The molecule has 1 aromatic rings. The van der Waals surface area contributed by atoms with E-state index < -0.39 is 23.2 Å². The van der Waals surface area contributed by atoms with Gasteiger partial charge in [-0.15, -0.1) is 0 Å². The Kier molecular flexibility index (Phi) is 3.10. The van der Waals surface area contributed by atoms with Gasteiger partial charge in [0, 0.05) is 11.3 Å². The van der Waals surface area contributed by atoms with Gasteiger partial charge in [0.2, 0.25) is 0 Å². The molecule has 0 aromatic heterocycles. The van der Waals surface area contributed by atoms with Crippen molar-refractivity contribution in [3.63, 3.8) is 0 Å². The Balaban J connectivity index is 2.11. The maximum atomic E-state index is 11.7. The monoisotopic (exact) mass is 250 g/mol. The average Bonchev–Trinajstić information content (AvgIpc) is 3.16. The van der Waals surface area contributed by atoms with Crippen LogP contribution in [0.15, 0.2) is 17.2 Å². The number of hydrazone groups is 1. The van der Waals surface area contributed by atoms with Gasteiger partial charge in [-0.2, -0.15) is 5.10 Å². The third-order valence-electron chi connectivity index (χ3n) is 2.83. The molecular formula is C12H14N2O4. The highest BCUT2D eigenvalue weighted by Crippen LogP contribution is 2.35. The molecule has 0 spiro atoms.